The van der Waals surface area contributed by atoms with E-state index in [0.29, 0.717) is 6.42 Å². The third kappa shape index (κ3) is 2.47. The molecule has 1 unspecified atom stereocenters. The van der Waals surface area contributed by atoms with Crippen molar-refractivity contribution in [1.82, 2.24) is 20.1 Å². The molecule has 0 aliphatic carbocycles. The molecule has 5 heteroatoms. The van der Waals surface area contributed by atoms with E-state index >= 15 is 0 Å². The average molecular weight is 222 g/mol. The molecule has 1 fully saturated rings. The van der Waals surface area contributed by atoms with Gasteiger partial charge in [0.15, 0.2) is 0 Å². The van der Waals surface area contributed by atoms with Gasteiger partial charge in [0, 0.05) is 19.0 Å². The van der Waals surface area contributed by atoms with Gasteiger partial charge in [-0.2, -0.15) is 5.10 Å². The van der Waals surface area contributed by atoms with Crippen molar-refractivity contribution in [1.29, 1.82) is 0 Å². The lowest BCUT2D eigenvalue weighted by Gasteiger charge is -2.07. The molecule has 88 valence electrons. The van der Waals surface area contributed by atoms with E-state index in [4.69, 9.17) is 0 Å². The fourth-order valence-corrected chi connectivity index (χ4v) is 2.05. The number of aryl methyl sites for hydroxylation is 1. The third-order valence-electron chi connectivity index (χ3n) is 2.98. The van der Waals surface area contributed by atoms with Gasteiger partial charge >= 0.3 is 0 Å². The molecule has 0 spiro atoms. The molecule has 0 saturated carbocycles. The van der Waals surface area contributed by atoms with Crippen LogP contribution >= 0.6 is 0 Å². The van der Waals surface area contributed by atoms with Crippen molar-refractivity contribution < 1.29 is 4.79 Å². The summed E-state index contributed by atoms with van der Waals surface area (Å²) >= 11 is 0. The summed E-state index contributed by atoms with van der Waals surface area (Å²) in [6, 6.07) is 0. The summed E-state index contributed by atoms with van der Waals surface area (Å²) in [4.78, 5) is 16.1. The molecule has 1 aliphatic heterocycles. The topological polar surface area (TPSA) is 59.8 Å². The molecule has 1 N–H and O–H groups in total. The highest BCUT2D eigenvalue weighted by molar-refractivity contribution is 5.83. The van der Waals surface area contributed by atoms with Crippen LogP contribution in [-0.2, 0) is 17.8 Å². The van der Waals surface area contributed by atoms with Crippen LogP contribution in [0.1, 0.15) is 25.6 Å². The number of ketones is 1. The molecule has 0 aromatic carbocycles. The molecule has 1 saturated heterocycles. The molecular weight excluding hydrogens is 204 g/mol. The zero-order chi connectivity index (χ0) is 11.4. The van der Waals surface area contributed by atoms with Crippen LogP contribution < -0.4 is 5.32 Å². The second kappa shape index (κ2) is 5.21. The van der Waals surface area contributed by atoms with Gasteiger partial charge in [-0.15, -0.1) is 0 Å². The summed E-state index contributed by atoms with van der Waals surface area (Å²) in [5.74, 6) is 1.26. The van der Waals surface area contributed by atoms with Crippen molar-refractivity contribution in [2.24, 2.45) is 5.92 Å². The Morgan fingerprint density at radius 3 is 3.25 bits per heavy atom. The fourth-order valence-electron chi connectivity index (χ4n) is 2.05. The predicted octanol–water partition coefficient (Wildman–Crippen LogP) is 0.409. The summed E-state index contributed by atoms with van der Waals surface area (Å²) in [5.41, 5.74) is 0. The number of carbonyl (C=O) groups excluding carboxylic acids is 1. The molecule has 2 rings (SSSR count). The molecule has 1 aliphatic rings. The van der Waals surface area contributed by atoms with Crippen molar-refractivity contribution in [3.05, 3.63) is 12.2 Å². The number of aromatic nitrogens is 3. The lowest BCUT2D eigenvalue weighted by atomic mass is 10.0. The van der Waals surface area contributed by atoms with Crippen LogP contribution in [-0.4, -0.2) is 33.6 Å². The number of carbonyl (C=O) groups is 1. The maximum Gasteiger partial charge on any atom is 0.144 e. The van der Waals surface area contributed by atoms with Gasteiger partial charge in [-0.1, -0.05) is 6.92 Å². The monoisotopic (exact) mass is 222 g/mol. The smallest absolute Gasteiger partial charge is 0.144 e. The van der Waals surface area contributed by atoms with Crippen LogP contribution in [0.2, 0.25) is 0 Å². The number of hydrogen-bond donors (Lipinski definition) is 1. The van der Waals surface area contributed by atoms with E-state index in [2.05, 4.69) is 22.3 Å². The van der Waals surface area contributed by atoms with Crippen LogP contribution in [0.5, 0.6) is 0 Å². The quantitative estimate of drug-likeness (QED) is 0.784. The Hall–Kier alpha value is -1.23. The number of nitrogens with zero attached hydrogens (tertiary/aromatic N) is 3. The minimum absolute atomic E-state index is 0.173. The van der Waals surface area contributed by atoms with E-state index in [-0.39, 0.29) is 11.7 Å². The normalized spacial score (nSPS) is 20.2. The van der Waals surface area contributed by atoms with Crippen LogP contribution in [0.3, 0.4) is 0 Å². The molecule has 0 bridgehead atoms. The molecule has 0 radical (unpaired) electrons. The Labute approximate surface area is 95.2 Å². The van der Waals surface area contributed by atoms with E-state index in [1.165, 1.54) is 6.33 Å². The summed E-state index contributed by atoms with van der Waals surface area (Å²) in [5, 5.41) is 7.33. The highest BCUT2D eigenvalue weighted by Gasteiger charge is 2.23. The zero-order valence-electron chi connectivity index (χ0n) is 9.65. The number of rotatable bonds is 5. The largest absolute Gasteiger partial charge is 0.316 e. The molecule has 0 amide bonds. The van der Waals surface area contributed by atoms with Crippen LogP contribution in [0.15, 0.2) is 6.33 Å². The second-order valence-electron chi connectivity index (χ2n) is 4.23. The maximum atomic E-state index is 11.9. The molecule has 2 heterocycles. The highest BCUT2D eigenvalue weighted by Crippen LogP contribution is 2.11. The maximum absolute atomic E-state index is 11.9. The lowest BCUT2D eigenvalue weighted by molar-refractivity contribution is -0.121. The molecule has 5 nitrogen and oxygen atoms in total. The van der Waals surface area contributed by atoms with Gasteiger partial charge < -0.3 is 5.32 Å². The zero-order valence-corrected chi connectivity index (χ0v) is 9.65. The van der Waals surface area contributed by atoms with Gasteiger partial charge in [0.1, 0.15) is 17.9 Å². The number of hydrogen-bond acceptors (Lipinski definition) is 4. The Morgan fingerprint density at radius 1 is 1.69 bits per heavy atom. The van der Waals surface area contributed by atoms with Crippen molar-refractivity contribution >= 4 is 5.78 Å². The summed E-state index contributed by atoms with van der Waals surface area (Å²) in [6.07, 6.45) is 3.92. The van der Waals surface area contributed by atoms with E-state index in [9.17, 15) is 4.79 Å². The molecular formula is C11H18N4O. The van der Waals surface area contributed by atoms with Gasteiger partial charge in [0.05, 0.1) is 6.42 Å². The van der Waals surface area contributed by atoms with Gasteiger partial charge in [0.2, 0.25) is 0 Å². The fraction of sp³-hybridized carbons (Fsp3) is 0.727. The van der Waals surface area contributed by atoms with Gasteiger partial charge in [0.25, 0.3) is 0 Å². The average Bonchev–Trinajstić information content (AvgIpc) is 2.90. The van der Waals surface area contributed by atoms with Crippen LogP contribution in [0.25, 0.3) is 0 Å². The summed E-state index contributed by atoms with van der Waals surface area (Å²) in [7, 11) is 0. The Balaban J connectivity index is 1.96. The first-order chi connectivity index (χ1) is 7.81. The molecule has 1 aromatic heterocycles. The van der Waals surface area contributed by atoms with E-state index in [1.807, 2.05) is 4.68 Å². The molecule has 1 aromatic rings. The SMILES string of the molecule is CCCn1ncnc1CC(=O)C1CCNC1. The standard InChI is InChI=1S/C11H18N4O/c1-2-5-15-11(13-8-14-15)6-10(16)9-3-4-12-7-9/h8-9,12H,2-7H2,1H3. The van der Waals surface area contributed by atoms with Crippen molar-refractivity contribution in [3.63, 3.8) is 0 Å². The Morgan fingerprint density at radius 2 is 2.56 bits per heavy atom. The minimum atomic E-state index is 0.173. The van der Waals surface area contributed by atoms with Crippen molar-refractivity contribution in [2.45, 2.75) is 32.7 Å². The van der Waals surface area contributed by atoms with E-state index in [0.717, 1.165) is 38.3 Å². The third-order valence-corrected chi connectivity index (χ3v) is 2.98. The Bertz CT molecular complexity index is 355. The minimum Gasteiger partial charge on any atom is -0.316 e. The van der Waals surface area contributed by atoms with E-state index < -0.39 is 0 Å². The second-order valence-corrected chi connectivity index (χ2v) is 4.23. The highest BCUT2D eigenvalue weighted by atomic mass is 16.1. The van der Waals surface area contributed by atoms with Gasteiger partial charge in [-0.25, -0.2) is 9.67 Å². The van der Waals surface area contributed by atoms with Gasteiger partial charge in [-0.05, 0) is 19.4 Å². The number of Topliss-reactive ketones (excluding diaryl/α,β-unsaturated/α-hetero) is 1. The molecule has 1 atom stereocenters. The lowest BCUT2D eigenvalue weighted by Crippen LogP contribution is -2.21. The van der Waals surface area contributed by atoms with Crippen LogP contribution in [0.4, 0.5) is 0 Å². The van der Waals surface area contributed by atoms with Crippen LogP contribution in [0, 0.1) is 5.92 Å². The Kier molecular flexibility index (Phi) is 3.66. The van der Waals surface area contributed by atoms with E-state index in [1.54, 1.807) is 0 Å². The first kappa shape index (κ1) is 11.3. The summed E-state index contributed by atoms with van der Waals surface area (Å²) in [6.45, 7) is 4.71. The first-order valence-electron chi connectivity index (χ1n) is 5.91. The van der Waals surface area contributed by atoms with Gasteiger partial charge in [-0.3, -0.25) is 4.79 Å². The molecule has 16 heavy (non-hydrogen) atoms. The number of nitrogens with one attached hydrogen (secondary N) is 1. The summed E-state index contributed by atoms with van der Waals surface area (Å²) < 4.78 is 1.83. The predicted molar refractivity (Wildman–Crippen MR) is 60.0 cm³/mol. The first-order valence-corrected chi connectivity index (χ1v) is 5.91. The van der Waals surface area contributed by atoms with Crippen molar-refractivity contribution in [3.8, 4) is 0 Å². The van der Waals surface area contributed by atoms with Crippen molar-refractivity contribution in [2.75, 3.05) is 13.1 Å².